The number of nitrogens with one attached hydrogen (secondary N) is 1. The molecule has 0 spiro atoms. The predicted molar refractivity (Wildman–Crippen MR) is 133 cm³/mol. The van der Waals surface area contributed by atoms with E-state index < -0.39 is 19.7 Å². The molecule has 3 aromatic carbocycles. The van der Waals surface area contributed by atoms with Gasteiger partial charge in [0, 0.05) is 12.0 Å². The van der Waals surface area contributed by atoms with Gasteiger partial charge in [0.2, 0.25) is 25.6 Å². The van der Waals surface area contributed by atoms with Crippen LogP contribution in [0.15, 0.2) is 86.3 Å². The van der Waals surface area contributed by atoms with Gasteiger partial charge in [-0.25, -0.2) is 16.8 Å². The van der Waals surface area contributed by atoms with Crippen LogP contribution in [0.3, 0.4) is 0 Å². The van der Waals surface area contributed by atoms with Gasteiger partial charge in [-0.2, -0.15) is 0 Å². The van der Waals surface area contributed by atoms with Gasteiger partial charge in [0.05, 0.1) is 39.8 Å². The molecule has 1 aliphatic rings. The summed E-state index contributed by atoms with van der Waals surface area (Å²) in [7, 11) is -5.60. The first-order chi connectivity index (χ1) is 17.1. The highest BCUT2D eigenvalue weighted by Gasteiger charge is 2.32. The normalized spacial score (nSPS) is 14.6. The van der Waals surface area contributed by atoms with Crippen molar-refractivity contribution in [3.05, 3.63) is 72.3 Å². The van der Waals surface area contributed by atoms with E-state index in [-0.39, 0.29) is 43.2 Å². The fourth-order valence-corrected chi connectivity index (χ4v) is 7.08. The zero-order chi connectivity index (χ0) is 26.1. The summed E-state index contributed by atoms with van der Waals surface area (Å²) < 4.78 is 64.5. The molecule has 0 radical (unpaired) electrons. The molecule has 10 heteroatoms. The molecule has 190 valence electrons. The van der Waals surface area contributed by atoms with Gasteiger partial charge in [-0.05, 0) is 73.9 Å². The molecule has 1 aliphatic carbocycles. The number of hydrogen-bond donors (Lipinski definition) is 1. The standard InChI is InChI=1S/C26H27NO7S2/c1-17(27-26(28)19-4-5-19)18-6-11-22(12-7-18)35(29,30)24-15-10-21(34-3)16-25(24)36(31,32)23-13-8-20(33-2)9-14-23/h6-17,19H,4-5H2,1-3H3,(H,27,28)/t17-/m0/s1. The molecular formula is C26H27NO7S2. The first-order valence-electron chi connectivity index (χ1n) is 11.3. The van der Waals surface area contributed by atoms with Crippen LogP contribution >= 0.6 is 0 Å². The molecule has 0 unspecified atom stereocenters. The predicted octanol–water partition coefficient (Wildman–Crippen LogP) is 3.96. The smallest absolute Gasteiger partial charge is 0.223 e. The number of sulfone groups is 2. The Morgan fingerprint density at radius 2 is 1.28 bits per heavy atom. The van der Waals surface area contributed by atoms with Crippen LogP contribution in [-0.2, 0) is 24.5 Å². The van der Waals surface area contributed by atoms with Crippen molar-refractivity contribution in [2.75, 3.05) is 14.2 Å². The summed E-state index contributed by atoms with van der Waals surface area (Å²) >= 11 is 0. The van der Waals surface area contributed by atoms with Gasteiger partial charge < -0.3 is 14.8 Å². The highest BCUT2D eigenvalue weighted by atomic mass is 32.2. The van der Waals surface area contributed by atoms with Crippen LogP contribution in [0.5, 0.6) is 11.5 Å². The molecular weight excluding hydrogens is 502 g/mol. The molecule has 8 nitrogen and oxygen atoms in total. The highest BCUT2D eigenvalue weighted by molar-refractivity contribution is 7.94. The Bertz CT molecular complexity index is 1480. The number of methoxy groups -OCH3 is 2. The van der Waals surface area contributed by atoms with Crippen LogP contribution in [0.4, 0.5) is 0 Å². The molecule has 1 saturated carbocycles. The van der Waals surface area contributed by atoms with E-state index in [1.807, 2.05) is 6.92 Å². The molecule has 1 fully saturated rings. The van der Waals surface area contributed by atoms with Gasteiger partial charge in [-0.3, -0.25) is 4.79 Å². The molecule has 1 atom stereocenters. The van der Waals surface area contributed by atoms with Gasteiger partial charge >= 0.3 is 0 Å². The summed E-state index contributed by atoms with van der Waals surface area (Å²) in [5.74, 6) is 0.728. The summed E-state index contributed by atoms with van der Waals surface area (Å²) in [5, 5.41) is 2.93. The van der Waals surface area contributed by atoms with Gasteiger partial charge in [-0.15, -0.1) is 0 Å². The van der Waals surface area contributed by atoms with Crippen molar-refractivity contribution in [3.63, 3.8) is 0 Å². The van der Waals surface area contributed by atoms with Crippen molar-refractivity contribution >= 4 is 25.6 Å². The third kappa shape index (κ3) is 5.10. The van der Waals surface area contributed by atoms with E-state index in [1.54, 1.807) is 12.1 Å². The summed E-state index contributed by atoms with van der Waals surface area (Å²) in [6, 6.07) is 15.3. The SMILES string of the molecule is COc1ccc(S(=O)(=O)c2cc(OC)ccc2S(=O)(=O)c2ccc([C@H](C)NC(=O)C3CC3)cc2)cc1. The number of carbonyl (C=O) groups is 1. The van der Waals surface area contributed by atoms with Crippen LogP contribution in [-0.4, -0.2) is 37.0 Å². The van der Waals surface area contributed by atoms with Crippen molar-refractivity contribution in [2.45, 2.75) is 45.4 Å². The quantitative estimate of drug-likeness (QED) is 0.446. The van der Waals surface area contributed by atoms with Gasteiger partial charge in [0.15, 0.2) is 0 Å². The summed E-state index contributed by atoms with van der Waals surface area (Å²) in [6.45, 7) is 1.83. The molecule has 4 rings (SSSR count). The van der Waals surface area contributed by atoms with Crippen LogP contribution in [0, 0.1) is 5.92 Å². The van der Waals surface area contributed by atoms with Gasteiger partial charge in [0.1, 0.15) is 11.5 Å². The zero-order valence-corrected chi connectivity index (χ0v) is 21.7. The molecule has 1 amide bonds. The Kier molecular flexibility index (Phi) is 7.10. The lowest BCUT2D eigenvalue weighted by Crippen LogP contribution is -2.27. The first-order valence-corrected chi connectivity index (χ1v) is 14.3. The van der Waals surface area contributed by atoms with Gasteiger partial charge in [0.25, 0.3) is 0 Å². The van der Waals surface area contributed by atoms with Crippen LogP contribution < -0.4 is 14.8 Å². The number of benzene rings is 3. The second kappa shape index (κ2) is 9.94. The number of rotatable bonds is 9. The fourth-order valence-electron chi connectivity index (χ4n) is 3.75. The van der Waals surface area contributed by atoms with E-state index in [2.05, 4.69) is 5.32 Å². The van der Waals surface area contributed by atoms with Crippen molar-refractivity contribution in [3.8, 4) is 11.5 Å². The van der Waals surface area contributed by atoms with Crippen LogP contribution in [0.1, 0.15) is 31.4 Å². The minimum Gasteiger partial charge on any atom is -0.497 e. The Balaban J connectivity index is 1.71. The lowest BCUT2D eigenvalue weighted by molar-refractivity contribution is -0.122. The number of amides is 1. The number of carbonyl (C=O) groups excluding carboxylic acids is 1. The van der Waals surface area contributed by atoms with Crippen molar-refractivity contribution in [1.82, 2.24) is 5.32 Å². The minimum atomic E-state index is -4.22. The number of ether oxygens (including phenoxy) is 2. The Hall–Kier alpha value is -3.37. The molecule has 0 aromatic heterocycles. The van der Waals surface area contributed by atoms with E-state index in [4.69, 9.17) is 9.47 Å². The maximum absolute atomic E-state index is 13.6. The van der Waals surface area contributed by atoms with E-state index in [0.29, 0.717) is 5.75 Å². The van der Waals surface area contributed by atoms with Crippen molar-refractivity contribution in [1.29, 1.82) is 0 Å². The second-order valence-electron chi connectivity index (χ2n) is 8.57. The average molecular weight is 530 g/mol. The lowest BCUT2D eigenvalue weighted by Gasteiger charge is -2.16. The van der Waals surface area contributed by atoms with Crippen LogP contribution in [0.25, 0.3) is 0 Å². The van der Waals surface area contributed by atoms with Gasteiger partial charge in [-0.1, -0.05) is 12.1 Å². The summed E-state index contributed by atoms with van der Waals surface area (Å²) in [5.41, 5.74) is 0.740. The Morgan fingerprint density at radius 1 is 0.778 bits per heavy atom. The van der Waals surface area contributed by atoms with E-state index in [1.165, 1.54) is 68.8 Å². The molecule has 0 heterocycles. The van der Waals surface area contributed by atoms with Crippen molar-refractivity contribution < 1.29 is 31.1 Å². The molecule has 0 bridgehead atoms. The van der Waals surface area contributed by atoms with E-state index >= 15 is 0 Å². The molecule has 0 aliphatic heterocycles. The summed E-state index contributed by atoms with van der Waals surface area (Å²) in [4.78, 5) is 11.2. The molecule has 36 heavy (non-hydrogen) atoms. The molecule has 1 N–H and O–H groups in total. The maximum Gasteiger partial charge on any atom is 0.223 e. The largest absolute Gasteiger partial charge is 0.497 e. The molecule has 3 aromatic rings. The average Bonchev–Trinajstić information content (AvgIpc) is 3.74. The third-order valence-electron chi connectivity index (χ3n) is 6.10. The third-order valence-corrected chi connectivity index (χ3v) is 9.86. The fraction of sp³-hybridized carbons (Fsp3) is 0.269. The maximum atomic E-state index is 13.6. The van der Waals surface area contributed by atoms with E-state index in [9.17, 15) is 21.6 Å². The number of hydrogen-bond acceptors (Lipinski definition) is 7. The minimum absolute atomic E-state index is 0.00851. The highest BCUT2D eigenvalue weighted by Crippen LogP contribution is 2.35. The first kappa shape index (κ1) is 25.7. The Morgan fingerprint density at radius 3 is 1.81 bits per heavy atom. The zero-order valence-electron chi connectivity index (χ0n) is 20.1. The topological polar surface area (TPSA) is 116 Å². The van der Waals surface area contributed by atoms with Crippen molar-refractivity contribution in [2.24, 2.45) is 5.92 Å². The van der Waals surface area contributed by atoms with E-state index in [0.717, 1.165) is 18.4 Å². The second-order valence-corrected chi connectivity index (χ2v) is 12.4. The summed E-state index contributed by atoms with van der Waals surface area (Å²) in [6.07, 6.45) is 1.78. The Labute approximate surface area is 211 Å². The molecule has 0 saturated heterocycles. The monoisotopic (exact) mass is 529 g/mol. The lowest BCUT2D eigenvalue weighted by atomic mass is 10.1. The van der Waals surface area contributed by atoms with Crippen LogP contribution in [0.2, 0.25) is 0 Å².